The maximum absolute atomic E-state index is 11.5. The average Bonchev–Trinajstić information content (AvgIpc) is 3.24. The van der Waals surface area contributed by atoms with Gasteiger partial charge in [-0.05, 0) is 42.7 Å². The molecule has 0 spiro atoms. The van der Waals surface area contributed by atoms with Crippen molar-refractivity contribution in [3.8, 4) is 26.9 Å². The lowest BCUT2D eigenvalue weighted by Gasteiger charge is -2.17. The maximum Gasteiger partial charge on any atom is 0.248 e. The van der Waals surface area contributed by atoms with Gasteiger partial charge >= 0.3 is 0 Å². The Morgan fingerprint density at radius 1 is 1.30 bits per heavy atom. The van der Waals surface area contributed by atoms with Crippen LogP contribution in [0.15, 0.2) is 30.6 Å². The Bertz CT molecular complexity index is 1010. The third-order valence-electron chi connectivity index (χ3n) is 5.09. The van der Waals surface area contributed by atoms with Gasteiger partial charge < -0.3 is 10.5 Å². The molecule has 0 saturated heterocycles. The van der Waals surface area contributed by atoms with Crippen molar-refractivity contribution >= 4 is 17.2 Å². The molecule has 1 unspecified atom stereocenters. The van der Waals surface area contributed by atoms with E-state index < -0.39 is 5.91 Å². The molecule has 2 N–H and O–H groups in total. The predicted molar refractivity (Wildman–Crippen MR) is 106 cm³/mol. The summed E-state index contributed by atoms with van der Waals surface area (Å²) in [6, 6.07) is 7.85. The van der Waals surface area contributed by atoms with Gasteiger partial charge in [0, 0.05) is 22.4 Å². The lowest BCUT2D eigenvalue weighted by molar-refractivity contribution is 0.1000. The maximum atomic E-state index is 11.5. The SMILES string of the molecule is CC(C)C(C)n1ncnc1-c1cc2c(s1)-c1ccc(C(N)=O)cc1OCC2. The van der Waals surface area contributed by atoms with E-state index in [0.717, 1.165) is 27.6 Å². The molecular formula is C20H22N4O2S. The summed E-state index contributed by atoms with van der Waals surface area (Å²) in [6.07, 6.45) is 2.43. The Hall–Kier alpha value is -2.67. The molecule has 0 saturated carbocycles. The normalized spacial score (nSPS) is 14.2. The number of benzene rings is 1. The monoisotopic (exact) mass is 382 g/mol. The summed E-state index contributed by atoms with van der Waals surface area (Å²) in [5, 5.41) is 4.45. The van der Waals surface area contributed by atoms with Crippen molar-refractivity contribution in [2.24, 2.45) is 11.7 Å². The lowest BCUT2D eigenvalue weighted by atomic mass is 10.0. The van der Waals surface area contributed by atoms with E-state index in [-0.39, 0.29) is 6.04 Å². The van der Waals surface area contributed by atoms with E-state index in [2.05, 4.69) is 36.9 Å². The van der Waals surface area contributed by atoms with Crippen molar-refractivity contribution in [3.63, 3.8) is 0 Å². The van der Waals surface area contributed by atoms with Crippen molar-refractivity contribution < 1.29 is 9.53 Å². The Balaban J connectivity index is 1.80. The molecule has 2 aromatic heterocycles. The van der Waals surface area contributed by atoms with Crippen LogP contribution in [-0.2, 0) is 6.42 Å². The van der Waals surface area contributed by atoms with Gasteiger partial charge in [-0.1, -0.05) is 13.8 Å². The predicted octanol–water partition coefficient (Wildman–Crippen LogP) is 3.92. The van der Waals surface area contributed by atoms with E-state index in [1.165, 1.54) is 5.56 Å². The van der Waals surface area contributed by atoms with Crippen LogP contribution < -0.4 is 10.5 Å². The quantitative estimate of drug-likeness (QED) is 0.741. The lowest BCUT2D eigenvalue weighted by Crippen LogP contribution is -2.14. The summed E-state index contributed by atoms with van der Waals surface area (Å²) in [7, 11) is 0. The Kier molecular flexibility index (Phi) is 4.47. The van der Waals surface area contributed by atoms with Crippen molar-refractivity contribution in [1.29, 1.82) is 0 Å². The fourth-order valence-corrected chi connectivity index (χ4v) is 4.44. The fourth-order valence-electron chi connectivity index (χ4n) is 3.21. The van der Waals surface area contributed by atoms with Gasteiger partial charge in [0.1, 0.15) is 12.1 Å². The molecular weight excluding hydrogens is 360 g/mol. The van der Waals surface area contributed by atoms with Crippen LogP contribution in [0, 0.1) is 5.92 Å². The minimum atomic E-state index is -0.450. The van der Waals surface area contributed by atoms with Crippen molar-refractivity contribution in [2.45, 2.75) is 33.2 Å². The number of aromatic nitrogens is 3. The summed E-state index contributed by atoms with van der Waals surface area (Å²) < 4.78 is 7.87. The fraction of sp³-hybridized carbons (Fsp3) is 0.350. The number of carbonyl (C=O) groups is 1. The Morgan fingerprint density at radius 2 is 2.11 bits per heavy atom. The molecule has 1 atom stereocenters. The van der Waals surface area contributed by atoms with Crippen LogP contribution in [-0.4, -0.2) is 27.3 Å². The molecule has 3 aromatic rings. The second kappa shape index (κ2) is 6.81. The Morgan fingerprint density at radius 3 is 2.85 bits per heavy atom. The van der Waals surface area contributed by atoms with E-state index in [1.54, 1.807) is 29.8 Å². The van der Waals surface area contributed by atoms with Crippen LogP contribution in [0.25, 0.3) is 21.1 Å². The number of carbonyl (C=O) groups excluding carboxylic acids is 1. The number of hydrogen-bond donors (Lipinski definition) is 1. The second-order valence-corrected chi connectivity index (χ2v) is 8.20. The van der Waals surface area contributed by atoms with Crippen molar-refractivity contribution in [3.05, 3.63) is 41.7 Å². The summed E-state index contributed by atoms with van der Waals surface area (Å²) in [5.74, 6) is 1.61. The van der Waals surface area contributed by atoms with Gasteiger partial charge in [0.2, 0.25) is 5.91 Å². The summed E-state index contributed by atoms with van der Waals surface area (Å²) in [6.45, 7) is 7.09. The second-order valence-electron chi connectivity index (χ2n) is 7.15. The highest BCUT2D eigenvalue weighted by Gasteiger charge is 2.23. The molecule has 3 heterocycles. The average molecular weight is 382 g/mol. The zero-order valence-corrected chi connectivity index (χ0v) is 16.4. The van der Waals surface area contributed by atoms with Gasteiger partial charge in [0.25, 0.3) is 0 Å². The highest BCUT2D eigenvalue weighted by molar-refractivity contribution is 7.19. The number of ether oxygens (including phenoxy) is 1. The molecule has 0 radical (unpaired) electrons. The molecule has 27 heavy (non-hydrogen) atoms. The number of primary amides is 1. The first-order valence-electron chi connectivity index (χ1n) is 9.05. The molecule has 1 aliphatic rings. The third kappa shape index (κ3) is 3.12. The smallest absolute Gasteiger partial charge is 0.248 e. The van der Waals surface area contributed by atoms with E-state index in [1.807, 2.05) is 10.7 Å². The molecule has 7 heteroatoms. The van der Waals surface area contributed by atoms with Crippen LogP contribution in [0.3, 0.4) is 0 Å². The van der Waals surface area contributed by atoms with Crippen LogP contribution in [0.1, 0.15) is 42.7 Å². The van der Waals surface area contributed by atoms with Crippen LogP contribution >= 0.6 is 11.3 Å². The molecule has 0 bridgehead atoms. The summed E-state index contributed by atoms with van der Waals surface area (Å²) >= 11 is 1.69. The number of nitrogens with zero attached hydrogens (tertiary/aromatic N) is 3. The number of amides is 1. The van der Waals surface area contributed by atoms with Crippen molar-refractivity contribution in [1.82, 2.24) is 14.8 Å². The molecule has 1 aromatic carbocycles. The number of rotatable bonds is 4. The van der Waals surface area contributed by atoms with Crippen molar-refractivity contribution in [2.75, 3.05) is 6.61 Å². The number of fused-ring (bicyclic) bond motifs is 3. The van der Waals surface area contributed by atoms with Crippen LogP contribution in [0.4, 0.5) is 0 Å². The van der Waals surface area contributed by atoms with Gasteiger partial charge in [-0.15, -0.1) is 11.3 Å². The number of nitrogens with two attached hydrogens (primary N) is 1. The van der Waals surface area contributed by atoms with Gasteiger partial charge in [-0.3, -0.25) is 4.79 Å². The summed E-state index contributed by atoms with van der Waals surface area (Å²) in [4.78, 5) is 18.3. The third-order valence-corrected chi connectivity index (χ3v) is 6.30. The largest absolute Gasteiger partial charge is 0.493 e. The van der Waals surface area contributed by atoms with E-state index in [9.17, 15) is 4.79 Å². The first-order chi connectivity index (χ1) is 13.0. The molecule has 1 amide bonds. The molecule has 6 nitrogen and oxygen atoms in total. The van der Waals surface area contributed by atoms with Crippen LogP contribution in [0.2, 0.25) is 0 Å². The van der Waals surface area contributed by atoms with E-state index in [0.29, 0.717) is 23.8 Å². The molecule has 140 valence electrons. The zero-order valence-electron chi connectivity index (χ0n) is 15.6. The van der Waals surface area contributed by atoms with Gasteiger partial charge in [-0.2, -0.15) is 5.10 Å². The molecule has 1 aliphatic heterocycles. The molecule has 0 fully saturated rings. The molecule has 4 rings (SSSR count). The first kappa shape index (κ1) is 17.7. The van der Waals surface area contributed by atoms with E-state index >= 15 is 0 Å². The van der Waals surface area contributed by atoms with Gasteiger partial charge in [-0.25, -0.2) is 9.67 Å². The van der Waals surface area contributed by atoms with E-state index in [4.69, 9.17) is 10.5 Å². The first-order valence-corrected chi connectivity index (χ1v) is 9.87. The zero-order chi connectivity index (χ0) is 19.1. The minimum absolute atomic E-state index is 0.262. The topological polar surface area (TPSA) is 83.0 Å². The minimum Gasteiger partial charge on any atom is -0.493 e. The number of hydrogen-bond acceptors (Lipinski definition) is 5. The summed E-state index contributed by atoms with van der Waals surface area (Å²) in [5.41, 5.74) is 8.09. The Labute approximate surface area is 162 Å². The highest BCUT2D eigenvalue weighted by atomic mass is 32.1. The number of thiophene rings is 1. The standard InChI is InChI=1S/C20H22N4O2S/c1-11(2)12(3)24-20(22-10-23-24)17-9-13-6-7-26-16-8-14(19(21)25)4-5-15(16)18(13)27-17/h4-5,8-12H,6-7H2,1-3H3,(H2,21,25). The highest BCUT2D eigenvalue weighted by Crippen LogP contribution is 2.44. The molecule has 0 aliphatic carbocycles. The van der Waals surface area contributed by atoms with Crippen LogP contribution in [0.5, 0.6) is 5.75 Å². The van der Waals surface area contributed by atoms with Gasteiger partial charge in [0.15, 0.2) is 5.82 Å². The van der Waals surface area contributed by atoms with Gasteiger partial charge in [0.05, 0.1) is 17.5 Å².